The third kappa shape index (κ3) is 3.40. The molecule has 0 bridgehead atoms. The zero-order chi connectivity index (χ0) is 11.6. The predicted molar refractivity (Wildman–Crippen MR) is 57.0 cm³/mol. The first kappa shape index (κ1) is 11.8. The summed E-state index contributed by atoms with van der Waals surface area (Å²) in [7, 11) is 0. The summed E-state index contributed by atoms with van der Waals surface area (Å²) in [6, 6.07) is 1.75. The van der Waals surface area contributed by atoms with Crippen LogP contribution in [0.1, 0.15) is 42.6 Å². The Hall–Kier alpha value is -1.29. The highest BCUT2D eigenvalue weighted by Gasteiger charge is 2.15. The zero-order valence-electron chi connectivity index (χ0n) is 9.55. The number of hydrogen-bond acceptors (Lipinski definition) is 3. The van der Waals surface area contributed by atoms with Crippen molar-refractivity contribution in [3.05, 3.63) is 23.2 Å². The van der Waals surface area contributed by atoms with Crippen LogP contribution in [0.3, 0.4) is 0 Å². The number of aryl methyl sites for hydroxylation is 1. The van der Waals surface area contributed by atoms with Gasteiger partial charge < -0.3 is 14.8 Å². The topological polar surface area (TPSA) is 62.5 Å². The van der Waals surface area contributed by atoms with Crippen LogP contribution in [-0.2, 0) is 6.54 Å². The van der Waals surface area contributed by atoms with Gasteiger partial charge in [-0.1, -0.05) is 0 Å². The smallest absolute Gasteiger partial charge is 0.372 e. The first-order valence-electron chi connectivity index (χ1n) is 4.87. The third-order valence-corrected chi connectivity index (χ3v) is 1.96. The van der Waals surface area contributed by atoms with E-state index in [9.17, 15) is 4.79 Å². The van der Waals surface area contributed by atoms with Gasteiger partial charge in [-0.15, -0.1) is 0 Å². The van der Waals surface area contributed by atoms with Crippen LogP contribution in [0.25, 0.3) is 0 Å². The van der Waals surface area contributed by atoms with E-state index in [-0.39, 0.29) is 11.3 Å². The van der Waals surface area contributed by atoms with E-state index in [4.69, 9.17) is 9.52 Å². The Morgan fingerprint density at radius 3 is 2.53 bits per heavy atom. The van der Waals surface area contributed by atoms with Gasteiger partial charge >= 0.3 is 5.97 Å². The third-order valence-electron chi connectivity index (χ3n) is 1.96. The van der Waals surface area contributed by atoms with E-state index in [1.54, 1.807) is 13.0 Å². The van der Waals surface area contributed by atoms with Gasteiger partial charge in [0.2, 0.25) is 5.76 Å². The molecule has 1 heterocycles. The van der Waals surface area contributed by atoms with E-state index < -0.39 is 5.97 Å². The Kier molecular flexibility index (Phi) is 3.19. The summed E-state index contributed by atoms with van der Waals surface area (Å²) in [6.45, 7) is 8.40. The van der Waals surface area contributed by atoms with Gasteiger partial charge in [0.05, 0.1) is 6.54 Å². The van der Waals surface area contributed by atoms with E-state index >= 15 is 0 Å². The Morgan fingerprint density at radius 2 is 2.13 bits per heavy atom. The number of hydrogen-bond donors (Lipinski definition) is 2. The van der Waals surface area contributed by atoms with Crippen LogP contribution in [-0.4, -0.2) is 16.6 Å². The molecule has 4 heteroatoms. The van der Waals surface area contributed by atoms with Crippen LogP contribution in [0.2, 0.25) is 0 Å². The summed E-state index contributed by atoms with van der Waals surface area (Å²) in [5, 5.41) is 12.0. The molecular formula is C11H17NO3. The highest BCUT2D eigenvalue weighted by Crippen LogP contribution is 2.15. The fourth-order valence-corrected chi connectivity index (χ4v) is 1.20. The van der Waals surface area contributed by atoms with Crippen molar-refractivity contribution in [2.75, 3.05) is 0 Å². The molecule has 0 aliphatic heterocycles. The molecule has 0 aliphatic carbocycles. The minimum atomic E-state index is -1.02. The van der Waals surface area contributed by atoms with Gasteiger partial charge in [0, 0.05) is 11.1 Å². The molecule has 2 N–H and O–H groups in total. The maximum atomic E-state index is 10.7. The highest BCUT2D eigenvalue weighted by molar-refractivity contribution is 5.86. The lowest BCUT2D eigenvalue weighted by Gasteiger charge is -2.19. The predicted octanol–water partition coefficient (Wildman–Crippen LogP) is 2.17. The van der Waals surface area contributed by atoms with Gasteiger partial charge in [-0.05, 0) is 33.8 Å². The normalized spacial score (nSPS) is 11.7. The molecule has 1 aromatic rings. The Bertz CT molecular complexity index is 360. The van der Waals surface area contributed by atoms with Crippen LogP contribution in [0.15, 0.2) is 10.5 Å². The van der Waals surface area contributed by atoms with Crippen LogP contribution in [0.4, 0.5) is 0 Å². The summed E-state index contributed by atoms with van der Waals surface area (Å²) in [4.78, 5) is 10.7. The van der Waals surface area contributed by atoms with E-state index in [0.717, 1.165) is 0 Å². The van der Waals surface area contributed by atoms with Crippen molar-refractivity contribution in [3.63, 3.8) is 0 Å². The van der Waals surface area contributed by atoms with Crippen molar-refractivity contribution in [1.29, 1.82) is 0 Å². The molecule has 1 aromatic heterocycles. The minimum absolute atomic E-state index is 0.00984. The quantitative estimate of drug-likeness (QED) is 0.804. The molecule has 15 heavy (non-hydrogen) atoms. The number of rotatable bonds is 3. The molecule has 0 aliphatic rings. The van der Waals surface area contributed by atoms with Crippen molar-refractivity contribution in [2.24, 2.45) is 0 Å². The first-order chi connectivity index (χ1) is 6.79. The van der Waals surface area contributed by atoms with Crippen molar-refractivity contribution >= 4 is 5.97 Å². The zero-order valence-corrected chi connectivity index (χ0v) is 9.55. The molecule has 0 radical (unpaired) electrons. The Labute approximate surface area is 89.3 Å². The summed E-state index contributed by atoms with van der Waals surface area (Å²) < 4.78 is 5.21. The Morgan fingerprint density at radius 1 is 1.53 bits per heavy atom. The van der Waals surface area contributed by atoms with Crippen LogP contribution < -0.4 is 5.32 Å². The summed E-state index contributed by atoms with van der Waals surface area (Å²) in [6.07, 6.45) is 0. The molecule has 0 amide bonds. The van der Waals surface area contributed by atoms with Gasteiger partial charge in [-0.2, -0.15) is 0 Å². The van der Waals surface area contributed by atoms with E-state index in [2.05, 4.69) is 5.32 Å². The second-order valence-corrected chi connectivity index (χ2v) is 4.63. The second-order valence-electron chi connectivity index (χ2n) is 4.63. The van der Waals surface area contributed by atoms with Crippen LogP contribution in [0, 0.1) is 6.92 Å². The maximum absolute atomic E-state index is 10.7. The molecule has 84 valence electrons. The van der Waals surface area contributed by atoms with Crippen molar-refractivity contribution < 1.29 is 14.3 Å². The molecule has 4 nitrogen and oxygen atoms in total. The molecule has 0 aromatic carbocycles. The molecule has 0 saturated heterocycles. The summed E-state index contributed by atoms with van der Waals surface area (Å²) in [5.74, 6) is -0.338. The SMILES string of the molecule is Cc1cc(CNC(C)(C)C)oc1C(=O)O. The maximum Gasteiger partial charge on any atom is 0.372 e. The number of furan rings is 1. The van der Waals surface area contributed by atoms with Gasteiger partial charge in [0.1, 0.15) is 5.76 Å². The van der Waals surface area contributed by atoms with Crippen LogP contribution in [0.5, 0.6) is 0 Å². The molecule has 0 saturated carbocycles. The highest BCUT2D eigenvalue weighted by atomic mass is 16.4. The van der Waals surface area contributed by atoms with Gasteiger partial charge in [-0.3, -0.25) is 0 Å². The number of nitrogens with one attached hydrogen (secondary N) is 1. The number of carboxylic acids is 1. The summed E-state index contributed by atoms with van der Waals surface area (Å²) >= 11 is 0. The van der Waals surface area contributed by atoms with Gasteiger partial charge in [0.15, 0.2) is 0 Å². The monoisotopic (exact) mass is 211 g/mol. The van der Waals surface area contributed by atoms with E-state index in [1.165, 1.54) is 0 Å². The molecule has 0 atom stereocenters. The van der Waals surface area contributed by atoms with Gasteiger partial charge in [0.25, 0.3) is 0 Å². The average Bonchev–Trinajstić information content (AvgIpc) is 2.42. The molecular weight excluding hydrogens is 194 g/mol. The Balaban J connectivity index is 2.72. The fraction of sp³-hybridized carbons (Fsp3) is 0.545. The van der Waals surface area contributed by atoms with Gasteiger partial charge in [-0.25, -0.2) is 4.79 Å². The number of aromatic carboxylic acids is 1. The minimum Gasteiger partial charge on any atom is -0.475 e. The fourth-order valence-electron chi connectivity index (χ4n) is 1.20. The number of carbonyl (C=O) groups is 1. The van der Waals surface area contributed by atoms with E-state index in [1.807, 2.05) is 20.8 Å². The van der Waals surface area contributed by atoms with Crippen molar-refractivity contribution in [2.45, 2.75) is 39.8 Å². The van der Waals surface area contributed by atoms with E-state index in [0.29, 0.717) is 17.9 Å². The standard InChI is InChI=1S/C11H17NO3/c1-7-5-8(6-12-11(2,3)4)15-9(7)10(13)14/h5,12H,6H2,1-4H3,(H,13,14). The molecule has 1 rings (SSSR count). The molecule has 0 spiro atoms. The largest absolute Gasteiger partial charge is 0.475 e. The number of carboxylic acid groups (broad SMARTS) is 1. The van der Waals surface area contributed by atoms with Crippen molar-refractivity contribution in [1.82, 2.24) is 5.32 Å². The lowest BCUT2D eigenvalue weighted by molar-refractivity contribution is 0.0659. The lowest BCUT2D eigenvalue weighted by Crippen LogP contribution is -2.34. The summed E-state index contributed by atoms with van der Waals surface area (Å²) in [5.41, 5.74) is 0.651. The average molecular weight is 211 g/mol. The van der Waals surface area contributed by atoms with Crippen LogP contribution >= 0.6 is 0 Å². The molecule has 0 fully saturated rings. The first-order valence-corrected chi connectivity index (χ1v) is 4.87. The molecule has 0 unspecified atom stereocenters. The van der Waals surface area contributed by atoms with Crippen molar-refractivity contribution in [3.8, 4) is 0 Å². The second kappa shape index (κ2) is 4.06. The lowest BCUT2D eigenvalue weighted by atomic mass is 10.1.